The third-order valence-electron chi connectivity index (χ3n) is 5.27. The van der Waals surface area contributed by atoms with Crippen molar-refractivity contribution < 1.29 is 19.1 Å². The molecule has 1 aliphatic rings. The molecular weight excluding hydrogens is 368 g/mol. The molecule has 1 aliphatic heterocycles. The molecule has 0 bridgehead atoms. The fourth-order valence-corrected chi connectivity index (χ4v) is 3.44. The summed E-state index contributed by atoms with van der Waals surface area (Å²) in [4.78, 5) is 27.5. The lowest BCUT2D eigenvalue weighted by atomic mass is 10.1. The number of benzene rings is 2. The van der Waals surface area contributed by atoms with Crippen molar-refractivity contribution in [3.63, 3.8) is 0 Å². The Morgan fingerprint density at radius 3 is 2.72 bits per heavy atom. The van der Waals surface area contributed by atoms with E-state index in [0.29, 0.717) is 24.5 Å². The lowest BCUT2D eigenvalue weighted by Gasteiger charge is -2.25. The fraction of sp³-hybridized carbons (Fsp3) is 0.391. The number of carbonyl (C=O) groups excluding carboxylic acids is 2. The van der Waals surface area contributed by atoms with Crippen LogP contribution in [0.3, 0.4) is 0 Å². The van der Waals surface area contributed by atoms with Crippen LogP contribution in [0.1, 0.15) is 34.3 Å². The minimum Gasteiger partial charge on any atom is -0.497 e. The second-order valence-electron chi connectivity index (χ2n) is 7.35. The van der Waals surface area contributed by atoms with Gasteiger partial charge in [0.05, 0.1) is 13.2 Å². The first kappa shape index (κ1) is 20.9. The molecule has 0 radical (unpaired) electrons. The molecule has 0 aromatic heterocycles. The van der Waals surface area contributed by atoms with E-state index in [1.807, 2.05) is 32.0 Å². The Morgan fingerprint density at radius 2 is 2.00 bits per heavy atom. The summed E-state index contributed by atoms with van der Waals surface area (Å²) in [6, 6.07) is 12.8. The second kappa shape index (κ2) is 9.56. The summed E-state index contributed by atoms with van der Waals surface area (Å²) in [5, 5.41) is 2.94. The summed E-state index contributed by atoms with van der Waals surface area (Å²) in [7, 11) is 1.56. The molecule has 1 atom stereocenters. The van der Waals surface area contributed by atoms with Crippen LogP contribution in [-0.4, -0.2) is 49.6 Å². The Hall–Kier alpha value is -2.86. The van der Waals surface area contributed by atoms with Crippen molar-refractivity contribution in [2.45, 2.75) is 32.8 Å². The van der Waals surface area contributed by atoms with Gasteiger partial charge in [0.25, 0.3) is 5.91 Å². The normalized spacial score (nSPS) is 15.8. The summed E-state index contributed by atoms with van der Waals surface area (Å²) in [6.07, 6.45) is 1.82. The van der Waals surface area contributed by atoms with Crippen LogP contribution in [-0.2, 0) is 9.53 Å². The molecule has 2 aromatic carbocycles. The van der Waals surface area contributed by atoms with E-state index >= 15 is 0 Å². The maximum Gasteiger partial charge on any atom is 0.254 e. The first-order valence-corrected chi connectivity index (χ1v) is 9.89. The quantitative estimate of drug-likeness (QED) is 0.777. The summed E-state index contributed by atoms with van der Waals surface area (Å²) >= 11 is 0. The maximum atomic E-state index is 13.1. The zero-order chi connectivity index (χ0) is 20.8. The predicted molar refractivity (Wildman–Crippen MR) is 112 cm³/mol. The van der Waals surface area contributed by atoms with Crippen molar-refractivity contribution in [1.82, 2.24) is 4.90 Å². The number of aryl methyl sites for hydroxylation is 1. The van der Waals surface area contributed by atoms with E-state index in [-0.39, 0.29) is 24.5 Å². The summed E-state index contributed by atoms with van der Waals surface area (Å²) in [6.45, 7) is 5.01. The predicted octanol–water partition coefficient (Wildman–Crippen LogP) is 3.57. The lowest BCUT2D eigenvalue weighted by molar-refractivity contribution is -0.117. The van der Waals surface area contributed by atoms with Crippen LogP contribution < -0.4 is 10.1 Å². The van der Waals surface area contributed by atoms with Crippen LogP contribution in [0.2, 0.25) is 0 Å². The van der Waals surface area contributed by atoms with Crippen LogP contribution in [0, 0.1) is 13.8 Å². The van der Waals surface area contributed by atoms with Gasteiger partial charge in [-0.3, -0.25) is 9.59 Å². The van der Waals surface area contributed by atoms with Gasteiger partial charge in [-0.2, -0.15) is 0 Å². The largest absolute Gasteiger partial charge is 0.497 e. The molecule has 29 heavy (non-hydrogen) atoms. The topological polar surface area (TPSA) is 67.9 Å². The van der Waals surface area contributed by atoms with Gasteiger partial charge >= 0.3 is 0 Å². The molecule has 1 fully saturated rings. The zero-order valence-corrected chi connectivity index (χ0v) is 17.2. The maximum absolute atomic E-state index is 13.1. The number of amides is 2. The summed E-state index contributed by atoms with van der Waals surface area (Å²) in [5.41, 5.74) is 3.37. The highest BCUT2D eigenvalue weighted by molar-refractivity contribution is 5.99. The Balaban J connectivity index is 1.76. The highest BCUT2D eigenvalue weighted by Crippen LogP contribution is 2.20. The molecule has 2 amide bonds. The second-order valence-corrected chi connectivity index (χ2v) is 7.35. The standard InChI is InChI=1S/C23H28N2O4/c1-16-7-4-11-21(17(16)2)24-22(26)15-25(14-20-10-6-12-29-20)23(27)18-8-5-9-19(13-18)28-3/h4-5,7-9,11,13,20H,6,10,12,14-15H2,1-3H3,(H,24,26). The molecule has 6 heteroatoms. The van der Waals surface area contributed by atoms with Crippen LogP contribution >= 0.6 is 0 Å². The molecule has 3 rings (SSSR count). The van der Waals surface area contributed by atoms with Gasteiger partial charge in [-0.15, -0.1) is 0 Å². The average molecular weight is 396 g/mol. The van der Waals surface area contributed by atoms with Crippen molar-refractivity contribution in [1.29, 1.82) is 0 Å². The van der Waals surface area contributed by atoms with Crippen LogP contribution in [0.25, 0.3) is 0 Å². The number of nitrogens with zero attached hydrogens (tertiary/aromatic N) is 1. The molecule has 1 saturated heterocycles. The van der Waals surface area contributed by atoms with E-state index in [9.17, 15) is 9.59 Å². The van der Waals surface area contributed by atoms with Gasteiger partial charge in [0.2, 0.25) is 5.91 Å². The van der Waals surface area contributed by atoms with Crippen LogP contribution in [0.5, 0.6) is 5.75 Å². The molecular formula is C23H28N2O4. The molecule has 1 heterocycles. The number of methoxy groups -OCH3 is 1. The van der Waals surface area contributed by atoms with Gasteiger partial charge < -0.3 is 19.7 Å². The van der Waals surface area contributed by atoms with Gasteiger partial charge in [-0.1, -0.05) is 18.2 Å². The molecule has 6 nitrogen and oxygen atoms in total. The van der Waals surface area contributed by atoms with Crippen LogP contribution in [0.15, 0.2) is 42.5 Å². The number of ether oxygens (including phenoxy) is 2. The van der Waals surface area contributed by atoms with Crippen molar-refractivity contribution >= 4 is 17.5 Å². The minimum absolute atomic E-state index is 0.0384. The van der Waals surface area contributed by atoms with Gasteiger partial charge in [0.1, 0.15) is 12.3 Å². The minimum atomic E-state index is -0.229. The molecule has 0 saturated carbocycles. The van der Waals surface area contributed by atoms with Gasteiger partial charge in [-0.25, -0.2) is 0 Å². The van der Waals surface area contributed by atoms with Gasteiger partial charge in [0.15, 0.2) is 0 Å². The Labute approximate surface area is 171 Å². The van der Waals surface area contributed by atoms with Crippen molar-refractivity contribution in [2.75, 3.05) is 32.1 Å². The van der Waals surface area contributed by atoms with Crippen molar-refractivity contribution in [3.8, 4) is 5.75 Å². The third-order valence-corrected chi connectivity index (χ3v) is 5.27. The summed E-state index contributed by atoms with van der Waals surface area (Å²) < 4.78 is 10.9. The van der Waals surface area contributed by atoms with E-state index < -0.39 is 0 Å². The van der Waals surface area contributed by atoms with Gasteiger partial charge in [-0.05, 0) is 62.1 Å². The number of rotatable bonds is 7. The Kier molecular flexibility index (Phi) is 6.88. The first-order valence-electron chi connectivity index (χ1n) is 9.89. The average Bonchev–Trinajstić information content (AvgIpc) is 3.23. The van der Waals surface area contributed by atoms with E-state index in [0.717, 1.165) is 29.7 Å². The smallest absolute Gasteiger partial charge is 0.254 e. The summed E-state index contributed by atoms with van der Waals surface area (Å²) in [5.74, 6) is 0.163. The number of hydrogen-bond acceptors (Lipinski definition) is 4. The highest BCUT2D eigenvalue weighted by atomic mass is 16.5. The fourth-order valence-electron chi connectivity index (χ4n) is 3.44. The molecule has 154 valence electrons. The number of anilines is 1. The number of nitrogens with one attached hydrogen (secondary N) is 1. The molecule has 2 aromatic rings. The zero-order valence-electron chi connectivity index (χ0n) is 17.2. The molecule has 0 spiro atoms. The Bertz CT molecular complexity index is 875. The van der Waals surface area contributed by atoms with Crippen LogP contribution in [0.4, 0.5) is 5.69 Å². The Morgan fingerprint density at radius 1 is 1.21 bits per heavy atom. The van der Waals surface area contributed by atoms with Crippen molar-refractivity contribution in [3.05, 3.63) is 59.2 Å². The molecule has 1 unspecified atom stereocenters. The first-order chi connectivity index (χ1) is 14.0. The van der Waals surface area contributed by atoms with E-state index in [2.05, 4.69) is 5.32 Å². The number of carbonyl (C=O) groups is 2. The van der Waals surface area contributed by atoms with Gasteiger partial charge in [0, 0.05) is 24.4 Å². The third kappa shape index (κ3) is 5.35. The molecule has 1 N–H and O–H groups in total. The lowest BCUT2D eigenvalue weighted by Crippen LogP contribution is -2.42. The van der Waals surface area contributed by atoms with E-state index in [1.165, 1.54) is 0 Å². The SMILES string of the molecule is COc1cccc(C(=O)N(CC(=O)Nc2cccc(C)c2C)CC2CCCO2)c1. The molecule has 0 aliphatic carbocycles. The van der Waals surface area contributed by atoms with E-state index in [4.69, 9.17) is 9.47 Å². The highest BCUT2D eigenvalue weighted by Gasteiger charge is 2.25. The number of hydrogen-bond donors (Lipinski definition) is 1. The van der Waals surface area contributed by atoms with E-state index in [1.54, 1.807) is 36.3 Å². The monoisotopic (exact) mass is 396 g/mol. The van der Waals surface area contributed by atoms with Crippen molar-refractivity contribution in [2.24, 2.45) is 0 Å².